The van der Waals surface area contributed by atoms with E-state index in [4.69, 9.17) is 12.2 Å². The number of hydrogen-bond acceptors (Lipinski definition) is 4. The molecule has 106 valence electrons. The molecule has 20 heavy (non-hydrogen) atoms. The Hall–Kier alpha value is -2.33. The number of nitrogens with two attached hydrogens (primary N) is 1. The van der Waals surface area contributed by atoms with Gasteiger partial charge in [0.2, 0.25) is 11.8 Å². The second kappa shape index (κ2) is 6.21. The predicted octanol–water partition coefficient (Wildman–Crippen LogP) is -0.549. The number of nitrogens with zero attached hydrogens (tertiary/aromatic N) is 2. The van der Waals surface area contributed by atoms with Gasteiger partial charge in [0.15, 0.2) is 0 Å². The van der Waals surface area contributed by atoms with Gasteiger partial charge in [0.05, 0.1) is 17.9 Å². The maximum absolute atomic E-state index is 11.6. The second-order valence-electron chi connectivity index (χ2n) is 4.77. The molecule has 1 atom stereocenters. The fourth-order valence-electron chi connectivity index (χ4n) is 1.62. The fraction of sp³-hybridized carbons (Fsp3) is 0.462. The summed E-state index contributed by atoms with van der Waals surface area (Å²) in [5.74, 6) is 1.87. The minimum Gasteiger partial charge on any atom is -0.352 e. The van der Waals surface area contributed by atoms with Gasteiger partial charge in [-0.05, 0) is 12.8 Å². The monoisotopic (exact) mass is 275 g/mol. The summed E-state index contributed by atoms with van der Waals surface area (Å²) in [6, 6.07) is -0.430. The van der Waals surface area contributed by atoms with Gasteiger partial charge in [-0.15, -0.1) is 12.3 Å². The van der Waals surface area contributed by atoms with Crippen LogP contribution in [0, 0.1) is 12.3 Å². The summed E-state index contributed by atoms with van der Waals surface area (Å²) in [6.07, 6.45) is 10.4. The van der Waals surface area contributed by atoms with Crippen LogP contribution in [-0.4, -0.2) is 33.7 Å². The van der Waals surface area contributed by atoms with E-state index in [0.29, 0.717) is 11.7 Å². The summed E-state index contributed by atoms with van der Waals surface area (Å²) < 4.78 is 1.46. The standard InChI is InChI=1S/C13H17N5O2/c1-2-3-11(14)13(20)17-10-6-15-18(7-10)8-12(19)16-9-4-5-9/h1,6-7,9,11H,3-5,8,14H2,(H,16,19)(H,17,20). The molecular formula is C13H17N5O2. The van der Waals surface area contributed by atoms with Crippen LogP contribution in [0.25, 0.3) is 0 Å². The first-order valence-electron chi connectivity index (χ1n) is 6.40. The van der Waals surface area contributed by atoms with Crippen molar-refractivity contribution in [3.05, 3.63) is 12.4 Å². The number of nitrogens with one attached hydrogen (secondary N) is 2. The molecule has 1 unspecified atom stereocenters. The molecule has 4 N–H and O–H groups in total. The first-order chi connectivity index (χ1) is 9.58. The third-order valence-corrected chi connectivity index (χ3v) is 2.82. The number of amides is 2. The van der Waals surface area contributed by atoms with Gasteiger partial charge >= 0.3 is 0 Å². The molecule has 1 aromatic rings. The Labute approximate surface area is 116 Å². The van der Waals surface area contributed by atoms with Gasteiger partial charge in [0.1, 0.15) is 6.54 Å². The Morgan fingerprint density at radius 1 is 1.60 bits per heavy atom. The lowest BCUT2D eigenvalue weighted by Crippen LogP contribution is -2.35. The predicted molar refractivity (Wildman–Crippen MR) is 73.4 cm³/mol. The highest BCUT2D eigenvalue weighted by Crippen LogP contribution is 2.18. The maximum Gasteiger partial charge on any atom is 0.242 e. The molecule has 1 heterocycles. The molecule has 2 amide bonds. The molecule has 0 aromatic carbocycles. The fourth-order valence-corrected chi connectivity index (χ4v) is 1.62. The highest BCUT2D eigenvalue weighted by molar-refractivity contribution is 5.94. The number of aromatic nitrogens is 2. The second-order valence-corrected chi connectivity index (χ2v) is 4.77. The van der Waals surface area contributed by atoms with Crippen molar-refractivity contribution in [2.75, 3.05) is 5.32 Å². The number of terminal acetylenes is 1. The molecule has 7 heteroatoms. The van der Waals surface area contributed by atoms with Crippen molar-refractivity contribution < 1.29 is 9.59 Å². The Kier molecular flexibility index (Phi) is 4.38. The van der Waals surface area contributed by atoms with Crippen molar-refractivity contribution in [2.45, 2.75) is 37.9 Å². The summed E-state index contributed by atoms with van der Waals surface area (Å²) >= 11 is 0. The number of carbonyl (C=O) groups is 2. The molecule has 0 bridgehead atoms. The SMILES string of the molecule is C#CCC(N)C(=O)Nc1cnn(CC(=O)NC2CC2)c1. The average Bonchev–Trinajstić information content (AvgIpc) is 3.09. The van der Waals surface area contributed by atoms with E-state index in [9.17, 15) is 9.59 Å². The van der Waals surface area contributed by atoms with Crippen molar-refractivity contribution in [2.24, 2.45) is 5.73 Å². The first kappa shape index (κ1) is 14.1. The largest absolute Gasteiger partial charge is 0.352 e. The summed E-state index contributed by atoms with van der Waals surface area (Å²) in [6.45, 7) is 0.128. The molecule has 1 fully saturated rings. The molecule has 0 spiro atoms. The zero-order valence-electron chi connectivity index (χ0n) is 11.0. The Bertz CT molecular complexity index is 541. The van der Waals surface area contributed by atoms with Crippen molar-refractivity contribution >= 4 is 17.5 Å². The molecule has 0 radical (unpaired) electrons. The number of hydrogen-bond donors (Lipinski definition) is 3. The van der Waals surface area contributed by atoms with E-state index in [1.165, 1.54) is 10.9 Å². The van der Waals surface area contributed by atoms with Gasteiger partial charge in [-0.3, -0.25) is 14.3 Å². The van der Waals surface area contributed by atoms with Gasteiger partial charge in [0, 0.05) is 18.7 Å². The topological polar surface area (TPSA) is 102 Å². The van der Waals surface area contributed by atoms with Crippen LogP contribution >= 0.6 is 0 Å². The molecule has 1 saturated carbocycles. The van der Waals surface area contributed by atoms with E-state index in [1.807, 2.05) is 0 Å². The van der Waals surface area contributed by atoms with Gasteiger partial charge in [-0.1, -0.05) is 0 Å². The van der Waals surface area contributed by atoms with E-state index in [2.05, 4.69) is 21.7 Å². The van der Waals surface area contributed by atoms with Crippen LogP contribution in [0.1, 0.15) is 19.3 Å². The molecule has 0 saturated heterocycles. The van der Waals surface area contributed by atoms with Gasteiger partial charge < -0.3 is 16.4 Å². The smallest absolute Gasteiger partial charge is 0.242 e. The summed E-state index contributed by atoms with van der Waals surface area (Å²) in [5, 5.41) is 9.46. The minimum atomic E-state index is -0.749. The Morgan fingerprint density at radius 2 is 2.35 bits per heavy atom. The lowest BCUT2D eigenvalue weighted by Gasteiger charge is -2.07. The van der Waals surface area contributed by atoms with Crippen LogP contribution < -0.4 is 16.4 Å². The normalized spacial score (nSPS) is 15.2. The van der Waals surface area contributed by atoms with Gasteiger partial charge in [0.25, 0.3) is 0 Å². The lowest BCUT2D eigenvalue weighted by molar-refractivity contribution is -0.122. The Balaban J connectivity index is 1.83. The number of carbonyl (C=O) groups excluding carboxylic acids is 2. The third-order valence-electron chi connectivity index (χ3n) is 2.82. The molecular weight excluding hydrogens is 258 g/mol. The summed E-state index contributed by atoms with van der Waals surface area (Å²) in [7, 11) is 0. The Morgan fingerprint density at radius 3 is 3.00 bits per heavy atom. The van der Waals surface area contributed by atoms with Crippen LogP contribution in [0.3, 0.4) is 0 Å². The molecule has 7 nitrogen and oxygen atoms in total. The number of anilines is 1. The number of rotatable bonds is 6. The van der Waals surface area contributed by atoms with Crippen molar-refractivity contribution in [3.8, 4) is 12.3 Å². The molecule has 1 aromatic heterocycles. The summed E-state index contributed by atoms with van der Waals surface area (Å²) in [4.78, 5) is 23.2. The average molecular weight is 275 g/mol. The highest BCUT2D eigenvalue weighted by Gasteiger charge is 2.23. The van der Waals surface area contributed by atoms with E-state index < -0.39 is 6.04 Å². The van der Waals surface area contributed by atoms with Crippen molar-refractivity contribution in [1.82, 2.24) is 15.1 Å². The first-order valence-corrected chi connectivity index (χ1v) is 6.40. The van der Waals surface area contributed by atoms with Gasteiger partial charge in [-0.2, -0.15) is 5.10 Å². The zero-order valence-corrected chi connectivity index (χ0v) is 11.0. The van der Waals surface area contributed by atoms with E-state index in [0.717, 1.165) is 12.8 Å². The van der Waals surface area contributed by atoms with Gasteiger partial charge in [-0.25, -0.2) is 0 Å². The van der Waals surface area contributed by atoms with Crippen LogP contribution in [0.4, 0.5) is 5.69 Å². The quantitative estimate of drug-likeness (QED) is 0.606. The molecule has 1 aliphatic carbocycles. The van der Waals surface area contributed by atoms with Crippen molar-refractivity contribution in [3.63, 3.8) is 0 Å². The third kappa shape index (κ3) is 4.10. The molecule has 0 aliphatic heterocycles. The van der Waals surface area contributed by atoms with Crippen LogP contribution in [0.15, 0.2) is 12.4 Å². The minimum absolute atomic E-state index is 0.0856. The van der Waals surface area contributed by atoms with Crippen LogP contribution in [0.2, 0.25) is 0 Å². The highest BCUT2D eigenvalue weighted by atomic mass is 16.2. The van der Waals surface area contributed by atoms with E-state index >= 15 is 0 Å². The summed E-state index contributed by atoms with van der Waals surface area (Å²) in [5.41, 5.74) is 6.07. The van der Waals surface area contributed by atoms with Crippen molar-refractivity contribution in [1.29, 1.82) is 0 Å². The maximum atomic E-state index is 11.6. The van der Waals surface area contributed by atoms with E-state index in [-0.39, 0.29) is 24.8 Å². The van der Waals surface area contributed by atoms with Crippen LogP contribution in [0.5, 0.6) is 0 Å². The lowest BCUT2D eigenvalue weighted by atomic mass is 10.2. The van der Waals surface area contributed by atoms with Crippen LogP contribution in [-0.2, 0) is 16.1 Å². The molecule has 2 rings (SSSR count). The van der Waals surface area contributed by atoms with E-state index in [1.54, 1.807) is 6.20 Å². The molecule has 1 aliphatic rings. The zero-order chi connectivity index (χ0) is 14.5.